The Balaban J connectivity index is 1.89. The summed E-state index contributed by atoms with van der Waals surface area (Å²) in [4.78, 5) is 0.841. The highest BCUT2D eigenvalue weighted by molar-refractivity contribution is 9.10. The number of methoxy groups -OCH3 is 1. The van der Waals surface area contributed by atoms with Gasteiger partial charge in [0.25, 0.3) is 0 Å². The summed E-state index contributed by atoms with van der Waals surface area (Å²) in [7, 11) is 1.62. The number of thiocarbonyl (C=S) groups is 1. The van der Waals surface area contributed by atoms with E-state index in [1.54, 1.807) is 7.11 Å². The predicted molar refractivity (Wildman–Crippen MR) is 114 cm³/mol. The smallest absolute Gasteiger partial charge is 0.162 e. The molecule has 0 saturated carbocycles. The summed E-state index contributed by atoms with van der Waals surface area (Å²) in [6, 6.07) is 14.1. The highest BCUT2D eigenvalue weighted by atomic mass is 79.9. The quantitative estimate of drug-likeness (QED) is 0.483. The van der Waals surface area contributed by atoms with Gasteiger partial charge in [0.15, 0.2) is 11.5 Å². The molecule has 0 saturated heterocycles. The third kappa shape index (κ3) is 5.76. The number of hydrogen-bond acceptors (Lipinski definition) is 3. The number of ether oxygens (including phenoxy) is 2. The second kappa shape index (κ2) is 10.2. The number of nitrogens with one attached hydrogen (secondary N) is 1. The molecule has 0 radical (unpaired) electrons. The van der Waals surface area contributed by atoms with Crippen molar-refractivity contribution in [3.05, 3.63) is 58.1 Å². The molecule has 0 spiro atoms. The Morgan fingerprint density at radius 1 is 1.23 bits per heavy atom. The zero-order chi connectivity index (χ0) is 18.9. The summed E-state index contributed by atoms with van der Waals surface area (Å²) in [6.07, 6.45) is 6.06. The molecular weight excluding hydrogens is 410 g/mol. The van der Waals surface area contributed by atoms with Gasteiger partial charge in [-0.15, -0.1) is 6.42 Å². The zero-order valence-corrected chi connectivity index (χ0v) is 17.3. The molecular formula is C21H22BrNO2S. The average molecular weight is 432 g/mol. The van der Waals surface area contributed by atoms with Gasteiger partial charge in [0.1, 0.15) is 6.61 Å². The zero-order valence-electron chi connectivity index (χ0n) is 14.9. The molecule has 0 heterocycles. The fraction of sp³-hybridized carbons (Fsp3) is 0.286. The van der Waals surface area contributed by atoms with Gasteiger partial charge in [-0.05, 0) is 41.8 Å². The first kappa shape index (κ1) is 20.3. The number of benzene rings is 2. The van der Waals surface area contributed by atoms with Crippen molar-refractivity contribution in [2.75, 3.05) is 20.3 Å². The molecule has 0 amide bonds. The number of hydrogen-bond donors (Lipinski definition) is 1. The van der Waals surface area contributed by atoms with E-state index in [1.165, 1.54) is 5.56 Å². The van der Waals surface area contributed by atoms with Crippen molar-refractivity contribution in [3.63, 3.8) is 0 Å². The molecule has 3 nitrogen and oxygen atoms in total. The summed E-state index contributed by atoms with van der Waals surface area (Å²) in [5.41, 5.74) is 2.34. The molecule has 0 aliphatic heterocycles. The van der Waals surface area contributed by atoms with Gasteiger partial charge in [0.2, 0.25) is 0 Å². The van der Waals surface area contributed by atoms with Crippen LogP contribution >= 0.6 is 28.1 Å². The van der Waals surface area contributed by atoms with Crippen molar-refractivity contribution in [2.45, 2.75) is 19.3 Å². The Morgan fingerprint density at radius 3 is 2.62 bits per heavy atom. The van der Waals surface area contributed by atoms with Crippen LogP contribution in [0.1, 0.15) is 24.0 Å². The Morgan fingerprint density at radius 2 is 1.96 bits per heavy atom. The maximum atomic E-state index is 5.54. The Labute approximate surface area is 169 Å². The van der Waals surface area contributed by atoms with E-state index in [4.69, 9.17) is 28.1 Å². The van der Waals surface area contributed by atoms with Crippen molar-refractivity contribution in [2.24, 2.45) is 0 Å². The monoisotopic (exact) mass is 431 g/mol. The molecule has 1 atom stereocenters. The van der Waals surface area contributed by atoms with Crippen molar-refractivity contribution in [1.29, 1.82) is 0 Å². The van der Waals surface area contributed by atoms with Crippen molar-refractivity contribution in [3.8, 4) is 23.8 Å². The predicted octanol–water partition coefficient (Wildman–Crippen LogP) is 4.73. The van der Waals surface area contributed by atoms with E-state index in [0.29, 0.717) is 11.5 Å². The Bertz CT molecular complexity index is 784. The minimum absolute atomic E-state index is 0.173. The van der Waals surface area contributed by atoms with Gasteiger partial charge in [0, 0.05) is 16.9 Å². The summed E-state index contributed by atoms with van der Waals surface area (Å²) in [5, 5.41) is 3.35. The molecule has 26 heavy (non-hydrogen) atoms. The van der Waals surface area contributed by atoms with E-state index in [0.717, 1.165) is 28.0 Å². The Hall–Kier alpha value is -2.03. The largest absolute Gasteiger partial charge is 0.493 e. The molecule has 1 unspecified atom stereocenters. The molecule has 2 aromatic carbocycles. The van der Waals surface area contributed by atoms with Gasteiger partial charge in [-0.2, -0.15) is 0 Å². The maximum Gasteiger partial charge on any atom is 0.162 e. The first-order valence-corrected chi connectivity index (χ1v) is 9.51. The van der Waals surface area contributed by atoms with Gasteiger partial charge in [-0.3, -0.25) is 0 Å². The normalized spacial score (nSPS) is 11.3. The van der Waals surface area contributed by atoms with Gasteiger partial charge < -0.3 is 14.8 Å². The van der Waals surface area contributed by atoms with Gasteiger partial charge in [-0.1, -0.05) is 59.2 Å². The molecule has 5 heteroatoms. The molecule has 0 aliphatic rings. The highest BCUT2D eigenvalue weighted by Crippen LogP contribution is 2.28. The SMILES string of the molecule is C#CCOc1ccc(CCNC(=S)C(C)c2ccc(Br)cc2)cc1OC. The van der Waals surface area contributed by atoms with E-state index in [1.807, 2.05) is 30.3 Å². The minimum atomic E-state index is 0.173. The number of rotatable bonds is 8. The van der Waals surface area contributed by atoms with Gasteiger partial charge in [0.05, 0.1) is 12.1 Å². The van der Waals surface area contributed by atoms with Crippen LogP contribution in [0.4, 0.5) is 0 Å². The van der Waals surface area contributed by atoms with Crippen LogP contribution in [0.2, 0.25) is 0 Å². The van der Waals surface area contributed by atoms with Crippen LogP contribution in [0.15, 0.2) is 46.9 Å². The topological polar surface area (TPSA) is 30.5 Å². The second-order valence-corrected chi connectivity index (χ2v) is 7.15. The molecule has 0 aliphatic carbocycles. The third-order valence-electron chi connectivity index (χ3n) is 4.02. The minimum Gasteiger partial charge on any atom is -0.493 e. The van der Waals surface area contributed by atoms with Crippen LogP contribution < -0.4 is 14.8 Å². The second-order valence-electron chi connectivity index (χ2n) is 5.79. The number of terminal acetylenes is 1. The molecule has 0 fully saturated rings. The average Bonchev–Trinajstić information content (AvgIpc) is 2.66. The number of halogens is 1. The fourth-order valence-corrected chi connectivity index (χ4v) is 2.99. The fourth-order valence-electron chi connectivity index (χ4n) is 2.49. The van der Waals surface area contributed by atoms with E-state index in [-0.39, 0.29) is 12.5 Å². The molecule has 0 bridgehead atoms. The molecule has 2 aromatic rings. The molecule has 0 aromatic heterocycles. The first-order valence-electron chi connectivity index (χ1n) is 8.31. The summed E-state index contributed by atoms with van der Waals surface area (Å²) in [6.45, 7) is 3.09. The van der Waals surface area contributed by atoms with Crippen LogP contribution in [0, 0.1) is 12.3 Å². The molecule has 1 N–H and O–H groups in total. The molecule has 2 rings (SSSR count). The standard InChI is InChI=1S/C21H22BrNO2S/c1-4-13-25-19-10-5-16(14-20(19)24-3)11-12-23-21(26)15(2)17-6-8-18(22)9-7-17/h1,5-10,14-15H,11-13H2,2-3H3,(H,23,26). The van der Waals surface area contributed by atoms with E-state index in [2.05, 4.69) is 46.2 Å². The summed E-state index contributed by atoms with van der Waals surface area (Å²) >= 11 is 8.99. The van der Waals surface area contributed by atoms with Crippen molar-refractivity contribution < 1.29 is 9.47 Å². The molecule has 136 valence electrons. The lowest BCUT2D eigenvalue weighted by Crippen LogP contribution is -2.28. The van der Waals surface area contributed by atoms with E-state index in [9.17, 15) is 0 Å². The lowest BCUT2D eigenvalue weighted by Gasteiger charge is -2.16. The van der Waals surface area contributed by atoms with E-state index >= 15 is 0 Å². The summed E-state index contributed by atoms with van der Waals surface area (Å²) in [5.74, 6) is 3.96. The van der Waals surface area contributed by atoms with Gasteiger partial charge >= 0.3 is 0 Å². The van der Waals surface area contributed by atoms with E-state index < -0.39 is 0 Å². The summed E-state index contributed by atoms with van der Waals surface area (Å²) < 4.78 is 11.9. The Kier molecular flexibility index (Phi) is 7.96. The van der Waals surface area contributed by atoms with Crippen LogP contribution in [0.3, 0.4) is 0 Å². The lowest BCUT2D eigenvalue weighted by atomic mass is 10.0. The van der Waals surface area contributed by atoms with Gasteiger partial charge in [-0.25, -0.2) is 0 Å². The maximum absolute atomic E-state index is 5.54. The van der Waals surface area contributed by atoms with Crippen molar-refractivity contribution in [1.82, 2.24) is 5.32 Å². The first-order chi connectivity index (χ1) is 12.5. The van der Waals surface area contributed by atoms with Crippen LogP contribution in [0.25, 0.3) is 0 Å². The van der Waals surface area contributed by atoms with Crippen LogP contribution in [-0.4, -0.2) is 25.2 Å². The van der Waals surface area contributed by atoms with Crippen LogP contribution in [-0.2, 0) is 6.42 Å². The third-order valence-corrected chi connectivity index (χ3v) is 5.04. The lowest BCUT2D eigenvalue weighted by molar-refractivity contribution is 0.330. The van der Waals surface area contributed by atoms with Crippen molar-refractivity contribution >= 4 is 33.1 Å². The highest BCUT2D eigenvalue weighted by Gasteiger charge is 2.11. The van der Waals surface area contributed by atoms with Crippen LogP contribution in [0.5, 0.6) is 11.5 Å².